The lowest BCUT2D eigenvalue weighted by molar-refractivity contribution is -0.136. The summed E-state index contributed by atoms with van der Waals surface area (Å²) in [6.07, 6.45) is 6.46. The van der Waals surface area contributed by atoms with Crippen molar-refractivity contribution in [2.75, 3.05) is 32.7 Å². The average molecular weight is 455 g/mol. The lowest BCUT2D eigenvalue weighted by atomic mass is 9.57. The zero-order chi connectivity index (χ0) is 22.3. The number of aromatic hydroxyl groups is 1. The van der Waals surface area contributed by atoms with E-state index in [1.165, 1.54) is 23.3 Å². The molecule has 32 heavy (non-hydrogen) atoms. The molecule has 2 saturated heterocycles. The molecule has 1 aromatic carbocycles. The number of phenolic OH excluding ortho intramolecular Hbond substituents is 1. The molecule has 1 aromatic heterocycles. The van der Waals surface area contributed by atoms with Crippen LogP contribution in [-0.4, -0.2) is 64.4 Å². The predicted molar refractivity (Wildman–Crippen MR) is 132 cm³/mol. The summed E-state index contributed by atoms with van der Waals surface area (Å²) in [5.74, 6) is 1.14. The minimum atomic E-state index is -0.795. The molecule has 1 saturated carbocycles. The molecule has 2 N–H and O–H groups in total. The minimum absolute atomic E-state index is 0.121. The van der Waals surface area contributed by atoms with Crippen LogP contribution in [-0.2, 0) is 11.8 Å². The van der Waals surface area contributed by atoms with Crippen molar-refractivity contribution in [1.82, 2.24) is 9.80 Å². The van der Waals surface area contributed by atoms with Crippen LogP contribution >= 0.6 is 11.3 Å². The Kier molecular flexibility index (Phi) is 6.12. The third-order valence-electron chi connectivity index (χ3n) is 8.74. The van der Waals surface area contributed by atoms with Crippen LogP contribution in [0.3, 0.4) is 0 Å². The molecule has 3 unspecified atom stereocenters. The fourth-order valence-corrected chi connectivity index (χ4v) is 7.18. The van der Waals surface area contributed by atoms with Gasteiger partial charge in [-0.1, -0.05) is 12.1 Å². The van der Waals surface area contributed by atoms with Gasteiger partial charge in [0.2, 0.25) is 0 Å². The average Bonchev–Trinajstić information content (AvgIpc) is 3.48. The summed E-state index contributed by atoms with van der Waals surface area (Å²) >= 11 is 1.84. The molecule has 3 atom stereocenters. The smallest absolute Gasteiger partial charge is 0.115 e. The van der Waals surface area contributed by atoms with E-state index in [1.807, 2.05) is 23.5 Å². The summed E-state index contributed by atoms with van der Waals surface area (Å²) < 4.78 is 0. The van der Waals surface area contributed by atoms with Crippen LogP contribution < -0.4 is 0 Å². The van der Waals surface area contributed by atoms with E-state index >= 15 is 0 Å². The molecule has 2 aromatic rings. The Hall–Kier alpha value is -1.40. The van der Waals surface area contributed by atoms with E-state index < -0.39 is 5.60 Å². The van der Waals surface area contributed by atoms with Gasteiger partial charge in [0, 0.05) is 36.0 Å². The van der Waals surface area contributed by atoms with E-state index in [2.05, 4.69) is 41.2 Å². The zero-order valence-electron chi connectivity index (χ0n) is 19.6. The van der Waals surface area contributed by atoms with Crippen molar-refractivity contribution in [3.05, 3.63) is 51.7 Å². The van der Waals surface area contributed by atoms with Gasteiger partial charge in [-0.2, -0.15) is 0 Å². The van der Waals surface area contributed by atoms with Gasteiger partial charge in [0.25, 0.3) is 0 Å². The van der Waals surface area contributed by atoms with Crippen molar-refractivity contribution in [2.45, 2.75) is 69.4 Å². The summed E-state index contributed by atoms with van der Waals surface area (Å²) in [6.45, 7) is 9.54. The summed E-state index contributed by atoms with van der Waals surface area (Å²) in [5.41, 5.74) is 1.25. The van der Waals surface area contributed by atoms with Crippen LogP contribution in [0.15, 0.2) is 35.7 Å². The first kappa shape index (κ1) is 22.4. The molecule has 2 aliphatic heterocycles. The number of benzene rings is 1. The number of thiophene rings is 1. The molecule has 5 rings (SSSR count). The number of hydrogen-bond acceptors (Lipinski definition) is 5. The molecule has 3 fully saturated rings. The Bertz CT molecular complexity index is 928. The van der Waals surface area contributed by atoms with Gasteiger partial charge in [-0.15, -0.1) is 11.3 Å². The largest absolute Gasteiger partial charge is 0.508 e. The van der Waals surface area contributed by atoms with Gasteiger partial charge in [0.05, 0.1) is 5.60 Å². The van der Waals surface area contributed by atoms with E-state index in [0.717, 1.165) is 69.9 Å². The molecule has 1 aliphatic carbocycles. The number of aryl methyl sites for hydroxylation is 1. The van der Waals surface area contributed by atoms with Gasteiger partial charge in [-0.25, -0.2) is 0 Å². The van der Waals surface area contributed by atoms with Crippen molar-refractivity contribution in [1.29, 1.82) is 0 Å². The van der Waals surface area contributed by atoms with E-state index in [1.54, 1.807) is 6.07 Å². The molecular formula is C27H38N2O2S. The standard InChI is InChI=1S/C27H38N2O2S/c1-20-5-8-23(30)18-25(20)26-10-14-28(13-9-24-4-3-17-32-24)15-12-27(26,31)21(2)29(16-11-26)19-22-6-7-22/h3-5,8,17-18,21-22,30-31H,6-7,9-16,19H2,1-2H3. The maximum atomic E-state index is 12.6. The Labute approximate surface area is 196 Å². The summed E-state index contributed by atoms with van der Waals surface area (Å²) in [4.78, 5) is 6.57. The van der Waals surface area contributed by atoms with Gasteiger partial charge in [-0.05, 0) is 106 Å². The van der Waals surface area contributed by atoms with Crippen molar-refractivity contribution in [3.63, 3.8) is 0 Å². The topological polar surface area (TPSA) is 46.9 Å². The van der Waals surface area contributed by atoms with E-state index in [4.69, 9.17) is 0 Å². The Morgan fingerprint density at radius 2 is 1.88 bits per heavy atom. The van der Waals surface area contributed by atoms with Crippen molar-refractivity contribution < 1.29 is 10.2 Å². The maximum Gasteiger partial charge on any atom is 0.115 e. The SMILES string of the molecule is Cc1ccc(O)cc1C12CCN(CCc3cccs3)CCC1(O)C(C)N(CC1CC1)CC2. The number of aliphatic hydroxyl groups is 1. The van der Waals surface area contributed by atoms with E-state index in [0.29, 0.717) is 5.75 Å². The first-order valence-electron chi connectivity index (χ1n) is 12.4. The highest BCUT2D eigenvalue weighted by atomic mass is 32.1. The fraction of sp³-hybridized carbons (Fsp3) is 0.630. The molecule has 3 aliphatic rings. The summed E-state index contributed by atoms with van der Waals surface area (Å²) in [6, 6.07) is 10.2. The molecule has 3 heterocycles. The van der Waals surface area contributed by atoms with Crippen LogP contribution in [0.4, 0.5) is 0 Å². The second-order valence-corrected chi connectivity index (χ2v) is 11.6. The molecule has 4 nitrogen and oxygen atoms in total. The number of likely N-dealkylation sites (tertiary alicyclic amines) is 2. The van der Waals surface area contributed by atoms with Crippen molar-refractivity contribution >= 4 is 11.3 Å². The number of piperidine rings is 1. The van der Waals surface area contributed by atoms with Crippen LogP contribution in [0, 0.1) is 12.8 Å². The van der Waals surface area contributed by atoms with Gasteiger partial charge in [0.1, 0.15) is 5.75 Å². The quantitative estimate of drug-likeness (QED) is 0.671. The second kappa shape index (κ2) is 8.75. The van der Waals surface area contributed by atoms with Gasteiger partial charge >= 0.3 is 0 Å². The van der Waals surface area contributed by atoms with Gasteiger partial charge < -0.3 is 15.1 Å². The molecule has 0 amide bonds. The van der Waals surface area contributed by atoms with E-state index in [-0.39, 0.29) is 11.5 Å². The summed E-state index contributed by atoms with van der Waals surface area (Å²) in [7, 11) is 0. The molecular weight excluding hydrogens is 416 g/mol. The van der Waals surface area contributed by atoms with E-state index in [9.17, 15) is 10.2 Å². The normalized spacial score (nSPS) is 31.9. The van der Waals surface area contributed by atoms with Crippen molar-refractivity contribution in [3.8, 4) is 5.75 Å². The van der Waals surface area contributed by atoms with Crippen LogP contribution in [0.1, 0.15) is 55.0 Å². The van der Waals surface area contributed by atoms with Crippen molar-refractivity contribution in [2.24, 2.45) is 5.92 Å². The number of hydrogen-bond donors (Lipinski definition) is 2. The Morgan fingerprint density at radius 3 is 2.62 bits per heavy atom. The monoisotopic (exact) mass is 454 g/mol. The highest BCUT2D eigenvalue weighted by Crippen LogP contribution is 2.53. The first-order valence-corrected chi connectivity index (χ1v) is 13.3. The number of fused-ring (bicyclic) bond motifs is 1. The van der Waals surface area contributed by atoms with Gasteiger partial charge in [0.15, 0.2) is 0 Å². The highest BCUT2D eigenvalue weighted by molar-refractivity contribution is 7.09. The Morgan fingerprint density at radius 1 is 1.09 bits per heavy atom. The first-order chi connectivity index (χ1) is 15.4. The minimum Gasteiger partial charge on any atom is -0.508 e. The van der Waals surface area contributed by atoms with Crippen LogP contribution in [0.25, 0.3) is 0 Å². The number of rotatable bonds is 6. The lowest BCUT2D eigenvalue weighted by Crippen LogP contribution is -2.68. The molecule has 5 heteroatoms. The second-order valence-electron chi connectivity index (χ2n) is 10.5. The lowest BCUT2D eigenvalue weighted by Gasteiger charge is -2.58. The fourth-order valence-electron chi connectivity index (χ4n) is 6.48. The van der Waals surface area contributed by atoms with Gasteiger partial charge in [-0.3, -0.25) is 4.90 Å². The highest BCUT2D eigenvalue weighted by Gasteiger charge is 2.59. The Balaban J connectivity index is 1.46. The van der Waals surface area contributed by atoms with Crippen LogP contribution in [0.2, 0.25) is 0 Å². The number of phenols is 1. The predicted octanol–water partition coefficient (Wildman–Crippen LogP) is 4.57. The molecule has 0 bridgehead atoms. The maximum absolute atomic E-state index is 12.6. The molecule has 0 spiro atoms. The third-order valence-corrected chi connectivity index (χ3v) is 9.67. The molecule has 174 valence electrons. The number of nitrogens with zero attached hydrogens (tertiary/aromatic N) is 2. The summed E-state index contributed by atoms with van der Waals surface area (Å²) in [5, 5.41) is 25.1. The third kappa shape index (κ3) is 4.02. The van der Waals surface area contributed by atoms with Crippen LogP contribution in [0.5, 0.6) is 5.75 Å². The zero-order valence-corrected chi connectivity index (χ0v) is 20.4. The molecule has 0 radical (unpaired) electrons.